The lowest BCUT2D eigenvalue weighted by atomic mass is 10.2. The summed E-state index contributed by atoms with van der Waals surface area (Å²) in [6, 6.07) is 3.42. The number of anilines is 1. The van der Waals surface area contributed by atoms with Crippen LogP contribution in [0.3, 0.4) is 0 Å². The van der Waals surface area contributed by atoms with Crippen molar-refractivity contribution < 1.29 is 14.3 Å². The minimum atomic E-state index is -0.595. The molecular formula is C10H6ClN3O3S. The highest BCUT2D eigenvalue weighted by atomic mass is 35.5. The number of hydrogen-bond donors (Lipinski definition) is 0. The summed E-state index contributed by atoms with van der Waals surface area (Å²) in [6.07, 6.45) is 0. The number of morpholine rings is 1. The van der Waals surface area contributed by atoms with Crippen molar-refractivity contribution in [3.63, 3.8) is 0 Å². The van der Waals surface area contributed by atoms with Crippen LogP contribution in [0.4, 0.5) is 5.69 Å². The molecule has 1 aromatic heterocycles. The van der Waals surface area contributed by atoms with Gasteiger partial charge in [-0.05, 0) is 12.1 Å². The van der Waals surface area contributed by atoms with Gasteiger partial charge in [-0.3, -0.25) is 0 Å². The third-order valence-corrected chi connectivity index (χ3v) is 3.38. The Morgan fingerprint density at radius 1 is 1.22 bits per heavy atom. The molecule has 18 heavy (non-hydrogen) atoms. The number of aromatic nitrogens is 2. The highest BCUT2D eigenvalue weighted by Gasteiger charge is 2.28. The van der Waals surface area contributed by atoms with Crippen molar-refractivity contribution in [3.8, 4) is 0 Å². The average Bonchev–Trinajstić information content (AvgIpc) is 2.75. The zero-order valence-electron chi connectivity index (χ0n) is 8.92. The molecule has 0 bridgehead atoms. The molecule has 0 atom stereocenters. The first-order valence-electron chi connectivity index (χ1n) is 5.04. The van der Waals surface area contributed by atoms with Gasteiger partial charge in [0.2, 0.25) is 0 Å². The predicted octanol–water partition coefficient (Wildman–Crippen LogP) is 1.23. The van der Waals surface area contributed by atoms with E-state index in [9.17, 15) is 9.59 Å². The Hall–Kier alpha value is -1.73. The second-order valence-electron chi connectivity index (χ2n) is 3.73. The van der Waals surface area contributed by atoms with Crippen LogP contribution in [-0.4, -0.2) is 33.8 Å². The van der Waals surface area contributed by atoms with Crippen molar-refractivity contribution in [1.82, 2.24) is 8.75 Å². The third-order valence-electron chi connectivity index (χ3n) is 2.54. The van der Waals surface area contributed by atoms with E-state index in [1.807, 2.05) is 0 Å². The maximum Gasteiger partial charge on any atom is 0.333 e. The summed E-state index contributed by atoms with van der Waals surface area (Å²) < 4.78 is 12.7. The van der Waals surface area contributed by atoms with Crippen LogP contribution in [0.5, 0.6) is 0 Å². The Balaban J connectivity index is 2.12. The average molecular weight is 284 g/mol. The SMILES string of the molecule is O=C1CN(c2c(Cl)ccc3nsnc23)CC(=O)O1. The van der Waals surface area contributed by atoms with Gasteiger partial charge in [-0.2, -0.15) is 8.75 Å². The van der Waals surface area contributed by atoms with Gasteiger partial charge in [0.1, 0.15) is 24.1 Å². The van der Waals surface area contributed by atoms with Gasteiger partial charge >= 0.3 is 11.9 Å². The number of ether oxygens (including phenoxy) is 1. The normalized spacial score (nSPS) is 16.2. The number of esters is 2. The number of fused-ring (bicyclic) bond motifs is 1. The molecule has 3 rings (SSSR count). The molecule has 92 valence electrons. The predicted molar refractivity (Wildman–Crippen MR) is 65.7 cm³/mol. The van der Waals surface area contributed by atoms with Gasteiger partial charge in [-0.15, -0.1) is 0 Å². The van der Waals surface area contributed by atoms with E-state index >= 15 is 0 Å². The summed E-state index contributed by atoms with van der Waals surface area (Å²) in [5, 5.41) is 0.428. The molecule has 0 unspecified atom stereocenters. The molecule has 8 heteroatoms. The van der Waals surface area contributed by atoms with E-state index in [2.05, 4.69) is 13.5 Å². The number of carbonyl (C=O) groups excluding carboxylic acids is 2. The molecule has 1 aliphatic rings. The van der Waals surface area contributed by atoms with Crippen molar-refractivity contribution in [2.45, 2.75) is 0 Å². The quantitative estimate of drug-likeness (QED) is 0.579. The Kier molecular flexibility index (Phi) is 2.64. The highest BCUT2D eigenvalue weighted by Crippen LogP contribution is 2.33. The van der Waals surface area contributed by atoms with E-state index in [-0.39, 0.29) is 13.1 Å². The van der Waals surface area contributed by atoms with Crippen LogP contribution in [-0.2, 0) is 14.3 Å². The van der Waals surface area contributed by atoms with E-state index in [0.29, 0.717) is 21.7 Å². The Morgan fingerprint density at radius 2 is 1.94 bits per heavy atom. The summed E-state index contributed by atoms with van der Waals surface area (Å²) in [7, 11) is 0. The van der Waals surface area contributed by atoms with E-state index in [1.54, 1.807) is 17.0 Å². The van der Waals surface area contributed by atoms with Crippen LogP contribution < -0.4 is 4.90 Å². The first-order chi connectivity index (χ1) is 8.65. The van der Waals surface area contributed by atoms with E-state index in [0.717, 1.165) is 11.7 Å². The molecule has 0 saturated carbocycles. The molecular weight excluding hydrogens is 278 g/mol. The zero-order valence-corrected chi connectivity index (χ0v) is 10.5. The number of hydrogen-bond acceptors (Lipinski definition) is 7. The molecule has 0 N–H and O–H groups in total. The molecule has 0 radical (unpaired) electrons. The molecule has 1 aromatic carbocycles. The summed E-state index contributed by atoms with van der Waals surface area (Å²) in [4.78, 5) is 24.1. The van der Waals surface area contributed by atoms with Crippen LogP contribution in [0.1, 0.15) is 0 Å². The zero-order chi connectivity index (χ0) is 12.7. The van der Waals surface area contributed by atoms with Gasteiger partial charge in [-0.25, -0.2) is 9.59 Å². The van der Waals surface area contributed by atoms with Crippen molar-refractivity contribution in [1.29, 1.82) is 0 Å². The monoisotopic (exact) mass is 283 g/mol. The summed E-state index contributed by atoms with van der Waals surface area (Å²) in [5.74, 6) is -1.19. The molecule has 2 aromatic rings. The second-order valence-corrected chi connectivity index (χ2v) is 4.67. The van der Waals surface area contributed by atoms with Crippen LogP contribution >= 0.6 is 23.3 Å². The van der Waals surface area contributed by atoms with Gasteiger partial charge in [0.05, 0.1) is 22.4 Å². The number of nitrogens with zero attached hydrogens (tertiary/aromatic N) is 3. The van der Waals surface area contributed by atoms with Gasteiger partial charge < -0.3 is 9.64 Å². The number of benzene rings is 1. The van der Waals surface area contributed by atoms with E-state index < -0.39 is 11.9 Å². The number of carbonyl (C=O) groups is 2. The molecule has 1 aliphatic heterocycles. The molecule has 2 heterocycles. The van der Waals surface area contributed by atoms with Crippen molar-refractivity contribution in [2.24, 2.45) is 0 Å². The smallest absolute Gasteiger partial charge is 0.333 e. The Labute approximate surface area is 110 Å². The van der Waals surface area contributed by atoms with Crippen molar-refractivity contribution in [2.75, 3.05) is 18.0 Å². The lowest BCUT2D eigenvalue weighted by Gasteiger charge is -2.26. The van der Waals surface area contributed by atoms with Gasteiger partial charge in [0.25, 0.3) is 0 Å². The lowest BCUT2D eigenvalue weighted by Crippen LogP contribution is -2.43. The lowest BCUT2D eigenvalue weighted by molar-refractivity contribution is -0.160. The largest absolute Gasteiger partial charge is 0.390 e. The first kappa shape index (κ1) is 11.4. The topological polar surface area (TPSA) is 72.4 Å². The molecule has 0 spiro atoms. The fourth-order valence-corrected chi connectivity index (χ4v) is 2.64. The number of rotatable bonds is 1. The van der Waals surface area contributed by atoms with Crippen molar-refractivity contribution >= 4 is 52.0 Å². The summed E-state index contributed by atoms with van der Waals surface area (Å²) >= 11 is 7.18. The van der Waals surface area contributed by atoms with E-state index in [4.69, 9.17) is 11.6 Å². The fraction of sp³-hybridized carbons (Fsp3) is 0.200. The van der Waals surface area contributed by atoms with Gasteiger partial charge in [0, 0.05) is 0 Å². The number of cyclic esters (lactones) is 2. The van der Waals surface area contributed by atoms with Crippen LogP contribution in [0.25, 0.3) is 11.0 Å². The summed E-state index contributed by atoms with van der Waals surface area (Å²) in [5.41, 5.74) is 1.83. The maximum absolute atomic E-state index is 11.3. The standard InChI is InChI=1S/C10H6ClN3O3S/c11-5-1-2-6-9(13-18-12-6)10(5)14-3-7(15)17-8(16)4-14/h1-2H,3-4H2. The fourth-order valence-electron chi connectivity index (χ4n) is 1.83. The van der Waals surface area contributed by atoms with Crippen LogP contribution in [0.2, 0.25) is 5.02 Å². The summed E-state index contributed by atoms with van der Waals surface area (Å²) in [6.45, 7) is -0.0514. The second kappa shape index (κ2) is 4.18. The van der Waals surface area contributed by atoms with Crippen LogP contribution in [0.15, 0.2) is 12.1 Å². The van der Waals surface area contributed by atoms with Gasteiger partial charge in [-0.1, -0.05) is 11.6 Å². The molecule has 1 saturated heterocycles. The Bertz CT molecular complexity index is 641. The van der Waals surface area contributed by atoms with Gasteiger partial charge in [0.15, 0.2) is 0 Å². The van der Waals surface area contributed by atoms with E-state index in [1.165, 1.54) is 0 Å². The first-order valence-corrected chi connectivity index (χ1v) is 6.15. The highest BCUT2D eigenvalue weighted by molar-refractivity contribution is 7.00. The maximum atomic E-state index is 11.3. The minimum Gasteiger partial charge on any atom is -0.390 e. The van der Waals surface area contributed by atoms with Crippen molar-refractivity contribution in [3.05, 3.63) is 17.2 Å². The molecule has 6 nitrogen and oxygen atoms in total. The third kappa shape index (κ3) is 1.81. The molecule has 0 amide bonds. The number of halogens is 1. The van der Waals surface area contributed by atoms with Crippen LogP contribution in [0, 0.1) is 0 Å². The Morgan fingerprint density at radius 3 is 2.67 bits per heavy atom. The molecule has 0 aliphatic carbocycles. The molecule has 1 fully saturated rings. The minimum absolute atomic E-state index is 0.0257.